The number of rotatable bonds is 4. The molecule has 3 aliphatic rings. The summed E-state index contributed by atoms with van der Waals surface area (Å²) in [7, 11) is 0. The van der Waals surface area contributed by atoms with Crippen LogP contribution in [0.5, 0.6) is 0 Å². The lowest BCUT2D eigenvalue weighted by atomic mass is 9.85. The number of nitrogens with one attached hydrogen (secondary N) is 1. The van der Waals surface area contributed by atoms with Gasteiger partial charge in [-0.05, 0) is 48.9 Å². The maximum absolute atomic E-state index is 12.9. The summed E-state index contributed by atoms with van der Waals surface area (Å²) in [6, 6.07) is 6.54. The van der Waals surface area contributed by atoms with E-state index in [1.165, 1.54) is 16.2 Å². The molecule has 3 amide bonds. The van der Waals surface area contributed by atoms with Crippen molar-refractivity contribution in [3.63, 3.8) is 0 Å². The minimum absolute atomic E-state index is 0.120. The Morgan fingerprint density at radius 1 is 1.11 bits per heavy atom. The van der Waals surface area contributed by atoms with Crippen molar-refractivity contribution in [2.45, 2.75) is 19.8 Å². The molecule has 1 aliphatic heterocycles. The van der Waals surface area contributed by atoms with Crippen LogP contribution in [0.4, 0.5) is 10.8 Å². The maximum Gasteiger partial charge on any atom is 0.257 e. The summed E-state index contributed by atoms with van der Waals surface area (Å²) >= 11 is 1.34. The van der Waals surface area contributed by atoms with E-state index in [2.05, 4.69) is 27.7 Å². The number of anilines is 2. The molecular formula is C20H18N4O3S. The van der Waals surface area contributed by atoms with Gasteiger partial charge < -0.3 is 0 Å². The maximum atomic E-state index is 12.9. The van der Waals surface area contributed by atoms with Crippen molar-refractivity contribution in [1.29, 1.82) is 0 Å². The minimum atomic E-state index is -0.302. The molecule has 5 rings (SSSR count). The van der Waals surface area contributed by atoms with Gasteiger partial charge in [0.1, 0.15) is 5.01 Å². The lowest BCUT2D eigenvalue weighted by Gasteiger charge is -2.17. The molecule has 1 N–H and O–H groups in total. The second kappa shape index (κ2) is 6.34. The third-order valence-corrected chi connectivity index (χ3v) is 6.83. The van der Waals surface area contributed by atoms with Crippen molar-refractivity contribution in [2.24, 2.45) is 23.7 Å². The Morgan fingerprint density at radius 3 is 2.32 bits per heavy atom. The molecule has 0 radical (unpaired) electrons. The number of fused-ring (bicyclic) bond motifs is 5. The van der Waals surface area contributed by atoms with Crippen LogP contribution in [0, 0.1) is 23.7 Å². The van der Waals surface area contributed by atoms with Crippen molar-refractivity contribution in [1.82, 2.24) is 10.2 Å². The molecule has 28 heavy (non-hydrogen) atoms. The number of carbonyl (C=O) groups excluding carboxylic acids is 3. The highest BCUT2D eigenvalue weighted by molar-refractivity contribution is 7.15. The summed E-state index contributed by atoms with van der Waals surface area (Å²) in [6.45, 7) is 1.97. The SMILES string of the molecule is CCc1nnc(NC(=O)c2ccc(N3C(=O)[C@@H]4[C@H](C3=O)[C@H]3C=C[C@H]4C3)cc2)s1. The van der Waals surface area contributed by atoms with Crippen molar-refractivity contribution in [3.8, 4) is 0 Å². The highest BCUT2D eigenvalue weighted by Crippen LogP contribution is 2.53. The van der Waals surface area contributed by atoms with E-state index in [-0.39, 0.29) is 41.4 Å². The number of nitrogens with zero attached hydrogens (tertiary/aromatic N) is 3. The number of imide groups is 1. The van der Waals surface area contributed by atoms with Crippen LogP contribution in [0.1, 0.15) is 28.7 Å². The second-order valence-corrected chi connectivity index (χ2v) is 8.43. The number of allylic oxidation sites excluding steroid dienone is 2. The van der Waals surface area contributed by atoms with Crippen LogP contribution in [0.15, 0.2) is 36.4 Å². The van der Waals surface area contributed by atoms with E-state index in [1.807, 2.05) is 6.92 Å². The Balaban J connectivity index is 1.33. The molecule has 1 aromatic heterocycles. The van der Waals surface area contributed by atoms with Gasteiger partial charge in [-0.2, -0.15) is 0 Å². The number of carbonyl (C=O) groups is 3. The van der Waals surface area contributed by atoms with Crippen LogP contribution in [0.2, 0.25) is 0 Å². The quantitative estimate of drug-likeness (QED) is 0.636. The molecule has 2 bridgehead atoms. The average Bonchev–Trinajstić information content (AvgIpc) is 3.47. The summed E-state index contributed by atoms with van der Waals surface area (Å²) in [5, 5.41) is 11.9. The van der Waals surface area contributed by atoms with Gasteiger partial charge in [0.25, 0.3) is 5.91 Å². The fraction of sp³-hybridized carbons (Fsp3) is 0.350. The molecule has 0 unspecified atom stereocenters. The Hall–Kier alpha value is -2.87. The number of benzene rings is 1. The van der Waals surface area contributed by atoms with Gasteiger partial charge >= 0.3 is 0 Å². The summed E-state index contributed by atoms with van der Waals surface area (Å²) in [6.07, 6.45) is 5.82. The normalized spacial score (nSPS) is 27.5. The van der Waals surface area contributed by atoms with E-state index in [9.17, 15) is 14.4 Å². The largest absolute Gasteiger partial charge is 0.296 e. The van der Waals surface area contributed by atoms with Gasteiger partial charge in [0.05, 0.1) is 17.5 Å². The van der Waals surface area contributed by atoms with Crippen LogP contribution in [-0.2, 0) is 16.0 Å². The first kappa shape index (κ1) is 17.2. The van der Waals surface area contributed by atoms with Gasteiger partial charge in [-0.1, -0.05) is 30.4 Å². The molecule has 142 valence electrons. The van der Waals surface area contributed by atoms with Gasteiger partial charge in [-0.15, -0.1) is 10.2 Å². The zero-order valence-corrected chi connectivity index (χ0v) is 16.0. The molecule has 4 atom stereocenters. The van der Waals surface area contributed by atoms with E-state index >= 15 is 0 Å². The number of amides is 3. The van der Waals surface area contributed by atoms with Crippen LogP contribution >= 0.6 is 11.3 Å². The Labute approximate surface area is 165 Å². The highest BCUT2D eigenvalue weighted by atomic mass is 32.1. The molecule has 8 heteroatoms. The van der Waals surface area contributed by atoms with Gasteiger partial charge in [0, 0.05) is 5.56 Å². The van der Waals surface area contributed by atoms with Crippen LogP contribution < -0.4 is 10.2 Å². The first-order valence-electron chi connectivity index (χ1n) is 9.36. The fourth-order valence-corrected chi connectivity index (χ4v) is 5.21. The number of hydrogen-bond acceptors (Lipinski definition) is 6. The Bertz CT molecular complexity index is 983. The molecule has 1 aromatic carbocycles. The number of aryl methyl sites for hydroxylation is 1. The Morgan fingerprint density at radius 2 is 1.75 bits per heavy atom. The molecule has 2 fully saturated rings. The third-order valence-electron chi connectivity index (χ3n) is 5.85. The number of aromatic nitrogens is 2. The average molecular weight is 394 g/mol. The molecule has 2 aliphatic carbocycles. The van der Waals surface area contributed by atoms with Crippen LogP contribution in [0.3, 0.4) is 0 Å². The van der Waals surface area contributed by atoms with Crippen molar-refractivity contribution in [3.05, 3.63) is 47.0 Å². The van der Waals surface area contributed by atoms with Crippen LogP contribution in [-0.4, -0.2) is 27.9 Å². The minimum Gasteiger partial charge on any atom is -0.296 e. The second-order valence-electron chi connectivity index (χ2n) is 7.37. The molecule has 1 saturated heterocycles. The zero-order valence-electron chi connectivity index (χ0n) is 15.2. The standard InChI is InChI=1S/C20H18N4O3S/c1-2-14-22-23-20(28-14)21-17(25)10-5-7-13(8-6-10)24-18(26)15-11-3-4-12(9-11)16(15)19(24)27/h3-8,11-12,15-16H,2,9H2,1H3,(H,21,23,25)/t11-,12-,15-,16+/m0/s1. The third kappa shape index (κ3) is 2.51. The zero-order chi connectivity index (χ0) is 19.4. The first-order chi connectivity index (χ1) is 13.6. The predicted octanol–water partition coefficient (Wildman–Crippen LogP) is 2.66. The first-order valence-corrected chi connectivity index (χ1v) is 10.2. The molecular weight excluding hydrogens is 376 g/mol. The van der Waals surface area contributed by atoms with Crippen molar-refractivity contribution >= 4 is 39.9 Å². The predicted molar refractivity (Wildman–Crippen MR) is 104 cm³/mol. The lowest BCUT2D eigenvalue weighted by Crippen LogP contribution is -2.32. The highest BCUT2D eigenvalue weighted by Gasteiger charge is 2.59. The van der Waals surface area contributed by atoms with Crippen LogP contribution in [0.25, 0.3) is 0 Å². The molecule has 0 spiro atoms. The van der Waals surface area contributed by atoms with E-state index in [4.69, 9.17) is 0 Å². The fourth-order valence-electron chi connectivity index (χ4n) is 4.53. The topological polar surface area (TPSA) is 92.3 Å². The molecule has 2 heterocycles. The molecule has 1 saturated carbocycles. The molecule has 7 nitrogen and oxygen atoms in total. The summed E-state index contributed by atoms with van der Waals surface area (Å²) in [5.74, 6) is -0.632. The van der Waals surface area contributed by atoms with Crippen molar-refractivity contribution in [2.75, 3.05) is 10.2 Å². The number of hydrogen-bond donors (Lipinski definition) is 1. The monoisotopic (exact) mass is 394 g/mol. The van der Waals surface area contributed by atoms with E-state index in [0.717, 1.165) is 17.8 Å². The van der Waals surface area contributed by atoms with Gasteiger partial charge in [-0.25, -0.2) is 0 Å². The Kier molecular flexibility index (Phi) is 3.90. The summed E-state index contributed by atoms with van der Waals surface area (Å²) in [4.78, 5) is 39.4. The van der Waals surface area contributed by atoms with Gasteiger partial charge in [0.2, 0.25) is 16.9 Å². The summed E-state index contributed by atoms with van der Waals surface area (Å²) < 4.78 is 0. The van der Waals surface area contributed by atoms with Gasteiger partial charge in [0.15, 0.2) is 0 Å². The summed E-state index contributed by atoms with van der Waals surface area (Å²) in [5.41, 5.74) is 0.947. The van der Waals surface area contributed by atoms with E-state index in [0.29, 0.717) is 16.4 Å². The van der Waals surface area contributed by atoms with E-state index < -0.39 is 0 Å². The lowest BCUT2D eigenvalue weighted by molar-refractivity contribution is -0.123. The van der Waals surface area contributed by atoms with E-state index in [1.54, 1.807) is 24.3 Å². The molecule has 2 aromatic rings. The smallest absolute Gasteiger partial charge is 0.257 e. The van der Waals surface area contributed by atoms with Crippen molar-refractivity contribution < 1.29 is 14.4 Å². The van der Waals surface area contributed by atoms with Gasteiger partial charge in [-0.3, -0.25) is 24.6 Å².